The first-order valence-corrected chi connectivity index (χ1v) is 9.41. The van der Waals surface area contributed by atoms with E-state index in [4.69, 9.17) is 9.84 Å². The van der Waals surface area contributed by atoms with E-state index < -0.39 is 0 Å². The van der Waals surface area contributed by atoms with E-state index in [0.29, 0.717) is 17.6 Å². The quantitative estimate of drug-likeness (QED) is 0.658. The third-order valence-corrected chi connectivity index (χ3v) is 5.97. The molecule has 0 saturated heterocycles. The Morgan fingerprint density at radius 2 is 2.08 bits per heavy atom. The molecule has 0 heterocycles. The van der Waals surface area contributed by atoms with Crippen molar-refractivity contribution in [2.24, 2.45) is 17.3 Å². The molecule has 1 aromatic rings. The molecule has 3 nitrogen and oxygen atoms in total. The van der Waals surface area contributed by atoms with Gasteiger partial charge in [0.05, 0.1) is 11.6 Å². The summed E-state index contributed by atoms with van der Waals surface area (Å²) in [6.45, 7) is 9.20. The van der Waals surface area contributed by atoms with Crippen LogP contribution in [0.1, 0.15) is 45.1 Å². The Bertz CT molecular complexity index is 595. The average Bonchev–Trinajstić information content (AvgIpc) is 2.50. The van der Waals surface area contributed by atoms with Crippen molar-refractivity contribution in [1.82, 2.24) is 0 Å². The summed E-state index contributed by atoms with van der Waals surface area (Å²) in [5.41, 5.74) is 2.29. The summed E-state index contributed by atoms with van der Waals surface area (Å²) < 4.78 is 6.13. The summed E-state index contributed by atoms with van der Waals surface area (Å²) in [5, 5.41) is 19.4. The number of ether oxygens (including phenoxy) is 1. The molecule has 0 spiro atoms. The summed E-state index contributed by atoms with van der Waals surface area (Å²) in [7, 11) is 1.64. The molecule has 4 heteroatoms. The maximum Gasteiger partial charge on any atom is 0.133 e. The fourth-order valence-corrected chi connectivity index (χ4v) is 4.65. The lowest BCUT2D eigenvalue weighted by molar-refractivity contribution is 0.132. The molecule has 2 N–H and O–H groups in total. The molecule has 1 aromatic carbocycles. The lowest BCUT2D eigenvalue weighted by atomic mass is 9.61. The fraction of sp³-hybridized carbons (Fsp3) is 0.600. The van der Waals surface area contributed by atoms with Gasteiger partial charge >= 0.3 is 0 Å². The Hall–Kier alpha value is -1.00. The molecule has 0 bridgehead atoms. The molecule has 0 radical (unpaired) electrons. The number of benzene rings is 1. The van der Waals surface area contributed by atoms with Gasteiger partial charge in [0.15, 0.2) is 0 Å². The van der Waals surface area contributed by atoms with E-state index in [1.807, 2.05) is 6.07 Å². The van der Waals surface area contributed by atoms with Crippen molar-refractivity contribution in [3.8, 4) is 11.5 Å². The maximum atomic E-state index is 10.3. The molecule has 1 saturated carbocycles. The smallest absolute Gasteiger partial charge is 0.133 e. The lowest BCUT2D eigenvalue weighted by Crippen LogP contribution is -2.35. The number of allylic oxidation sites excluding steroid dienone is 1. The zero-order chi connectivity index (χ0) is 17.9. The summed E-state index contributed by atoms with van der Waals surface area (Å²) in [5.74, 6) is 1.97. The molecular formula is C20H29BrO3. The Kier molecular flexibility index (Phi) is 6.38. The molecule has 0 aromatic heterocycles. The minimum absolute atomic E-state index is 0.127. The van der Waals surface area contributed by atoms with Gasteiger partial charge < -0.3 is 14.9 Å². The number of methoxy groups -OCH3 is 1. The average molecular weight is 397 g/mol. The number of halogens is 1. The number of hydrogen-bond donors (Lipinski definition) is 2. The zero-order valence-electron chi connectivity index (χ0n) is 14.9. The molecule has 1 aliphatic carbocycles. The van der Waals surface area contributed by atoms with E-state index in [9.17, 15) is 5.11 Å². The van der Waals surface area contributed by atoms with E-state index >= 15 is 0 Å². The topological polar surface area (TPSA) is 49.7 Å². The van der Waals surface area contributed by atoms with Gasteiger partial charge in [-0.3, -0.25) is 0 Å². The van der Waals surface area contributed by atoms with Crippen molar-refractivity contribution >= 4 is 15.9 Å². The van der Waals surface area contributed by atoms with Crippen molar-refractivity contribution in [2.45, 2.75) is 46.0 Å². The van der Waals surface area contributed by atoms with Crippen molar-refractivity contribution < 1.29 is 14.9 Å². The molecular weight excluding hydrogens is 368 g/mol. The van der Waals surface area contributed by atoms with E-state index in [1.165, 1.54) is 5.57 Å². The van der Waals surface area contributed by atoms with Gasteiger partial charge in [-0.2, -0.15) is 0 Å². The fourth-order valence-electron chi connectivity index (χ4n) is 4.15. The Morgan fingerprint density at radius 3 is 2.67 bits per heavy atom. The first-order valence-electron chi connectivity index (χ1n) is 8.62. The van der Waals surface area contributed by atoms with Crippen molar-refractivity contribution in [2.75, 3.05) is 13.7 Å². The zero-order valence-corrected chi connectivity index (χ0v) is 16.5. The molecule has 1 fully saturated rings. The van der Waals surface area contributed by atoms with Crippen molar-refractivity contribution in [3.63, 3.8) is 0 Å². The molecule has 2 atom stereocenters. The van der Waals surface area contributed by atoms with Gasteiger partial charge in [0.25, 0.3) is 0 Å². The number of phenols is 1. The number of hydrogen-bond acceptors (Lipinski definition) is 3. The van der Waals surface area contributed by atoms with E-state index in [0.717, 1.165) is 47.9 Å². The number of rotatable bonds is 6. The molecule has 24 heavy (non-hydrogen) atoms. The molecule has 1 aliphatic rings. The van der Waals surface area contributed by atoms with Gasteiger partial charge in [0, 0.05) is 6.61 Å². The SMILES string of the molecule is C=C1C[C@H](CCCO)CC(C)(C)C1Cc1cc(OC)c(Br)cc1O. The van der Waals surface area contributed by atoms with Gasteiger partial charge in [-0.25, -0.2) is 0 Å². The van der Waals surface area contributed by atoms with Gasteiger partial charge in [0.1, 0.15) is 11.5 Å². The minimum atomic E-state index is 0.127. The van der Waals surface area contributed by atoms with E-state index in [-0.39, 0.29) is 12.0 Å². The van der Waals surface area contributed by atoms with Crippen molar-refractivity contribution in [3.05, 3.63) is 34.3 Å². The monoisotopic (exact) mass is 396 g/mol. The molecule has 0 amide bonds. The minimum Gasteiger partial charge on any atom is -0.508 e. The highest BCUT2D eigenvalue weighted by atomic mass is 79.9. The Morgan fingerprint density at radius 1 is 1.38 bits per heavy atom. The second-order valence-electron chi connectivity index (χ2n) is 7.66. The summed E-state index contributed by atoms with van der Waals surface area (Å²) in [6.07, 6.45) is 4.84. The maximum absolute atomic E-state index is 10.3. The van der Waals surface area contributed by atoms with Crippen LogP contribution < -0.4 is 4.74 Å². The second kappa shape index (κ2) is 7.92. The van der Waals surface area contributed by atoms with Gasteiger partial charge in [-0.15, -0.1) is 0 Å². The number of aliphatic hydroxyl groups excluding tert-OH is 1. The normalized spacial score (nSPS) is 23.3. The van der Waals surface area contributed by atoms with Crippen LogP contribution in [0.4, 0.5) is 0 Å². The van der Waals surface area contributed by atoms with Crippen LogP contribution in [0.3, 0.4) is 0 Å². The van der Waals surface area contributed by atoms with Crippen LogP contribution in [0.5, 0.6) is 11.5 Å². The third-order valence-electron chi connectivity index (χ3n) is 5.35. The van der Waals surface area contributed by atoms with Crippen LogP contribution in [0.2, 0.25) is 0 Å². The van der Waals surface area contributed by atoms with Crippen LogP contribution in [0.25, 0.3) is 0 Å². The highest BCUT2D eigenvalue weighted by Crippen LogP contribution is 2.49. The largest absolute Gasteiger partial charge is 0.508 e. The number of aliphatic hydroxyl groups is 1. The van der Waals surface area contributed by atoms with Crippen LogP contribution in [-0.2, 0) is 6.42 Å². The first-order chi connectivity index (χ1) is 11.3. The van der Waals surface area contributed by atoms with Crippen molar-refractivity contribution in [1.29, 1.82) is 0 Å². The standard InChI is InChI=1S/C20H29BrO3/c1-13-8-14(6-5-7-22)12-20(2,3)16(13)9-15-10-19(24-4)17(21)11-18(15)23/h10-11,14,16,22-23H,1,5-9,12H2,2-4H3/t14-,16?/m0/s1. The van der Waals surface area contributed by atoms with Crippen LogP contribution >= 0.6 is 15.9 Å². The van der Waals surface area contributed by atoms with Gasteiger partial charge in [-0.05, 0) is 83.0 Å². The van der Waals surface area contributed by atoms with Gasteiger partial charge in [-0.1, -0.05) is 26.0 Å². The lowest BCUT2D eigenvalue weighted by Gasteiger charge is -2.44. The Labute approximate surface area is 153 Å². The molecule has 134 valence electrons. The predicted molar refractivity (Wildman–Crippen MR) is 102 cm³/mol. The molecule has 1 unspecified atom stereocenters. The molecule has 0 aliphatic heterocycles. The van der Waals surface area contributed by atoms with Crippen LogP contribution in [-0.4, -0.2) is 23.9 Å². The van der Waals surface area contributed by atoms with Crippen LogP contribution in [0, 0.1) is 17.3 Å². The van der Waals surface area contributed by atoms with Crippen LogP contribution in [0.15, 0.2) is 28.8 Å². The van der Waals surface area contributed by atoms with E-state index in [2.05, 4.69) is 36.4 Å². The summed E-state index contributed by atoms with van der Waals surface area (Å²) in [4.78, 5) is 0. The number of phenolic OH excluding ortho intramolecular Hbond substituents is 1. The number of aromatic hydroxyl groups is 1. The molecule has 2 rings (SSSR count). The summed E-state index contributed by atoms with van der Waals surface area (Å²) in [6, 6.07) is 3.62. The van der Waals surface area contributed by atoms with E-state index in [1.54, 1.807) is 13.2 Å². The first kappa shape index (κ1) is 19.3. The highest BCUT2D eigenvalue weighted by molar-refractivity contribution is 9.10. The highest BCUT2D eigenvalue weighted by Gasteiger charge is 2.39. The second-order valence-corrected chi connectivity index (χ2v) is 8.51. The summed E-state index contributed by atoms with van der Waals surface area (Å²) >= 11 is 3.41. The van der Waals surface area contributed by atoms with Gasteiger partial charge in [0.2, 0.25) is 0 Å². The Balaban J connectivity index is 2.19. The predicted octanol–water partition coefficient (Wildman–Crippen LogP) is 5.09. The third kappa shape index (κ3) is 4.34.